The highest BCUT2D eigenvalue weighted by molar-refractivity contribution is 5.70. The van der Waals surface area contributed by atoms with Crippen LogP contribution in [-0.2, 0) is 14.3 Å². The van der Waals surface area contributed by atoms with E-state index in [1.807, 2.05) is 0 Å². The SMILES string of the molecule is CCCCCCC(OC(=O)CCCCCCCCC(C)C(=O)O)(C(C)C)C(C)C. The molecular weight excluding hydrogens is 364 g/mol. The highest BCUT2D eigenvalue weighted by Gasteiger charge is 2.40. The van der Waals surface area contributed by atoms with Crippen molar-refractivity contribution in [3.63, 3.8) is 0 Å². The van der Waals surface area contributed by atoms with Gasteiger partial charge in [0.15, 0.2) is 0 Å². The number of hydrogen-bond donors (Lipinski definition) is 1. The molecule has 0 rings (SSSR count). The van der Waals surface area contributed by atoms with Crippen molar-refractivity contribution < 1.29 is 19.4 Å². The first-order chi connectivity index (χ1) is 13.7. The molecule has 4 nitrogen and oxygen atoms in total. The summed E-state index contributed by atoms with van der Waals surface area (Å²) in [6, 6.07) is 0. The largest absolute Gasteiger partial charge is 0.481 e. The number of hydrogen-bond acceptors (Lipinski definition) is 3. The zero-order valence-corrected chi connectivity index (χ0v) is 20.1. The van der Waals surface area contributed by atoms with E-state index in [-0.39, 0.29) is 17.5 Å². The zero-order valence-electron chi connectivity index (χ0n) is 20.1. The van der Waals surface area contributed by atoms with E-state index in [1.54, 1.807) is 6.92 Å². The number of rotatable bonds is 18. The number of esters is 1. The molecule has 29 heavy (non-hydrogen) atoms. The van der Waals surface area contributed by atoms with E-state index < -0.39 is 5.97 Å². The van der Waals surface area contributed by atoms with Crippen molar-refractivity contribution in [2.24, 2.45) is 17.8 Å². The molecule has 0 aromatic rings. The van der Waals surface area contributed by atoms with Crippen LogP contribution in [0.3, 0.4) is 0 Å². The number of carboxylic acid groups (broad SMARTS) is 1. The number of unbranched alkanes of at least 4 members (excludes halogenated alkanes) is 8. The number of ether oxygens (including phenoxy) is 1. The third kappa shape index (κ3) is 11.6. The molecule has 0 spiro atoms. The molecule has 1 unspecified atom stereocenters. The Balaban J connectivity index is 4.20. The summed E-state index contributed by atoms with van der Waals surface area (Å²) in [4.78, 5) is 23.3. The molecule has 1 N–H and O–H groups in total. The molecule has 0 aliphatic heterocycles. The first-order valence-electron chi connectivity index (χ1n) is 12.1. The van der Waals surface area contributed by atoms with Crippen LogP contribution in [-0.4, -0.2) is 22.6 Å². The smallest absolute Gasteiger partial charge is 0.306 e. The highest BCUT2D eigenvalue weighted by atomic mass is 16.6. The summed E-state index contributed by atoms with van der Waals surface area (Å²) in [7, 11) is 0. The maximum absolute atomic E-state index is 12.6. The zero-order chi connectivity index (χ0) is 22.3. The number of carbonyl (C=O) groups excluding carboxylic acids is 1. The van der Waals surface area contributed by atoms with Gasteiger partial charge >= 0.3 is 11.9 Å². The number of carboxylic acids is 1. The van der Waals surface area contributed by atoms with E-state index in [1.165, 1.54) is 19.3 Å². The van der Waals surface area contributed by atoms with Gasteiger partial charge in [-0.2, -0.15) is 0 Å². The Hall–Kier alpha value is -1.06. The Kier molecular flexibility index (Phi) is 15.2. The quantitative estimate of drug-likeness (QED) is 0.188. The topological polar surface area (TPSA) is 63.6 Å². The molecule has 0 aromatic heterocycles. The maximum Gasteiger partial charge on any atom is 0.306 e. The molecule has 0 aliphatic rings. The average molecular weight is 413 g/mol. The van der Waals surface area contributed by atoms with E-state index in [4.69, 9.17) is 9.84 Å². The van der Waals surface area contributed by atoms with Gasteiger partial charge in [0.05, 0.1) is 5.92 Å². The fourth-order valence-electron chi connectivity index (χ4n) is 4.17. The van der Waals surface area contributed by atoms with Gasteiger partial charge in [-0.05, 0) is 37.5 Å². The summed E-state index contributed by atoms with van der Waals surface area (Å²) < 4.78 is 6.14. The van der Waals surface area contributed by atoms with Crippen molar-refractivity contribution in [3.05, 3.63) is 0 Å². The fourth-order valence-corrected chi connectivity index (χ4v) is 4.17. The van der Waals surface area contributed by atoms with Crippen molar-refractivity contribution in [3.8, 4) is 0 Å². The second-order valence-corrected chi connectivity index (χ2v) is 9.45. The summed E-state index contributed by atoms with van der Waals surface area (Å²) in [6.07, 6.45) is 13.2. The summed E-state index contributed by atoms with van der Waals surface area (Å²) in [6.45, 7) is 12.7. The Morgan fingerprint density at radius 1 is 0.793 bits per heavy atom. The van der Waals surface area contributed by atoms with Gasteiger partial charge in [-0.1, -0.05) is 92.9 Å². The first-order valence-corrected chi connectivity index (χ1v) is 12.1. The molecule has 0 radical (unpaired) electrons. The molecule has 0 bridgehead atoms. The van der Waals surface area contributed by atoms with Gasteiger partial charge in [0, 0.05) is 6.42 Å². The van der Waals surface area contributed by atoms with E-state index >= 15 is 0 Å². The van der Waals surface area contributed by atoms with E-state index in [0.717, 1.165) is 57.8 Å². The van der Waals surface area contributed by atoms with Crippen molar-refractivity contribution in [1.29, 1.82) is 0 Å². The van der Waals surface area contributed by atoms with E-state index in [2.05, 4.69) is 34.6 Å². The Labute approximate surface area is 180 Å². The van der Waals surface area contributed by atoms with Crippen molar-refractivity contribution in [2.45, 2.75) is 131 Å². The molecule has 0 aromatic carbocycles. The lowest BCUT2D eigenvalue weighted by atomic mass is 9.76. The Morgan fingerprint density at radius 2 is 1.31 bits per heavy atom. The summed E-state index contributed by atoms with van der Waals surface area (Å²) in [5.41, 5.74) is -0.342. The van der Waals surface area contributed by atoms with Gasteiger partial charge in [-0.25, -0.2) is 0 Å². The maximum atomic E-state index is 12.6. The van der Waals surface area contributed by atoms with Crippen LogP contribution in [0.2, 0.25) is 0 Å². The number of carbonyl (C=O) groups is 2. The Morgan fingerprint density at radius 3 is 1.83 bits per heavy atom. The van der Waals surface area contributed by atoms with Crippen LogP contribution in [0.4, 0.5) is 0 Å². The number of aliphatic carboxylic acids is 1. The molecule has 1 atom stereocenters. The van der Waals surface area contributed by atoms with Crippen molar-refractivity contribution in [2.75, 3.05) is 0 Å². The van der Waals surface area contributed by atoms with E-state index in [9.17, 15) is 9.59 Å². The van der Waals surface area contributed by atoms with Crippen LogP contribution in [0.5, 0.6) is 0 Å². The molecule has 0 heterocycles. The van der Waals surface area contributed by atoms with Gasteiger partial charge in [0.25, 0.3) is 0 Å². The van der Waals surface area contributed by atoms with Gasteiger partial charge in [-0.3, -0.25) is 9.59 Å². The lowest BCUT2D eigenvalue weighted by Gasteiger charge is -2.41. The van der Waals surface area contributed by atoms with Gasteiger partial charge in [0.1, 0.15) is 5.60 Å². The molecule has 172 valence electrons. The molecule has 0 fully saturated rings. The van der Waals surface area contributed by atoms with Crippen LogP contribution in [0.25, 0.3) is 0 Å². The predicted octanol–water partition coefficient (Wildman–Crippen LogP) is 7.39. The summed E-state index contributed by atoms with van der Waals surface area (Å²) in [5, 5.41) is 8.88. The van der Waals surface area contributed by atoms with Crippen molar-refractivity contribution in [1.82, 2.24) is 0 Å². The normalized spacial score (nSPS) is 13.1. The first kappa shape index (κ1) is 27.9. The van der Waals surface area contributed by atoms with Gasteiger partial charge < -0.3 is 9.84 Å². The summed E-state index contributed by atoms with van der Waals surface area (Å²) in [5.74, 6) is -0.345. The lowest BCUT2D eigenvalue weighted by molar-refractivity contribution is -0.174. The van der Waals surface area contributed by atoms with Crippen LogP contribution in [0.1, 0.15) is 125 Å². The molecule has 0 amide bonds. The molecular formula is C25H48O4. The van der Waals surface area contributed by atoms with Crippen LogP contribution in [0.15, 0.2) is 0 Å². The van der Waals surface area contributed by atoms with Crippen LogP contribution < -0.4 is 0 Å². The third-order valence-corrected chi connectivity index (χ3v) is 6.37. The molecule has 4 heteroatoms. The minimum atomic E-state index is -0.701. The minimum Gasteiger partial charge on any atom is -0.481 e. The average Bonchev–Trinajstić information content (AvgIpc) is 2.65. The molecule has 0 aliphatic carbocycles. The summed E-state index contributed by atoms with van der Waals surface area (Å²) >= 11 is 0. The lowest BCUT2D eigenvalue weighted by Crippen LogP contribution is -2.45. The predicted molar refractivity (Wildman–Crippen MR) is 121 cm³/mol. The fraction of sp³-hybridized carbons (Fsp3) is 0.920. The van der Waals surface area contributed by atoms with Gasteiger partial charge in [0.2, 0.25) is 0 Å². The highest BCUT2D eigenvalue weighted by Crippen LogP contribution is 2.36. The monoisotopic (exact) mass is 412 g/mol. The van der Waals surface area contributed by atoms with E-state index in [0.29, 0.717) is 18.3 Å². The van der Waals surface area contributed by atoms with Gasteiger partial charge in [-0.15, -0.1) is 0 Å². The molecule has 0 saturated carbocycles. The minimum absolute atomic E-state index is 0.0434. The molecule has 0 saturated heterocycles. The van der Waals surface area contributed by atoms with Crippen molar-refractivity contribution >= 4 is 11.9 Å². The van der Waals surface area contributed by atoms with Crippen LogP contribution in [0, 0.1) is 17.8 Å². The Bertz CT molecular complexity index is 434. The second kappa shape index (κ2) is 15.7. The standard InChI is InChI=1S/C25H48O4/c1-7-8-9-16-19-25(20(2)3,21(4)5)29-23(26)18-15-13-11-10-12-14-17-22(6)24(27)28/h20-22H,7-19H2,1-6H3,(H,27,28). The second-order valence-electron chi connectivity index (χ2n) is 9.45. The van der Waals surface area contributed by atoms with Crippen LogP contribution >= 0.6 is 0 Å². The third-order valence-electron chi connectivity index (χ3n) is 6.37.